The van der Waals surface area contributed by atoms with Crippen LogP contribution in [0.4, 0.5) is 11.6 Å². The zero-order valence-electron chi connectivity index (χ0n) is 14.8. The molecular weight excluding hydrogens is 374 g/mol. The largest absolute Gasteiger partial charge is 0.493 e. The molecule has 29 heavy (non-hydrogen) atoms. The van der Waals surface area contributed by atoms with Crippen molar-refractivity contribution in [3.63, 3.8) is 0 Å². The monoisotopic (exact) mass is 387 g/mol. The lowest BCUT2D eigenvalue weighted by atomic mass is 10.2. The van der Waals surface area contributed by atoms with E-state index < -0.39 is 12.5 Å². The summed E-state index contributed by atoms with van der Waals surface area (Å²) in [4.78, 5) is 18.6. The molecule has 3 aromatic heterocycles. The predicted molar refractivity (Wildman–Crippen MR) is 105 cm³/mol. The number of aromatic hydroxyl groups is 1. The number of carboxylic acid groups (broad SMARTS) is 1. The van der Waals surface area contributed by atoms with Crippen LogP contribution in [0.1, 0.15) is 0 Å². The lowest BCUT2D eigenvalue weighted by Crippen LogP contribution is -2.07. The predicted octanol–water partition coefficient (Wildman–Crippen LogP) is 3.67. The first-order valence-corrected chi connectivity index (χ1v) is 8.66. The van der Waals surface area contributed by atoms with Crippen LogP contribution >= 0.6 is 0 Å². The van der Waals surface area contributed by atoms with Gasteiger partial charge < -0.3 is 15.2 Å². The molecule has 142 valence electrons. The summed E-state index contributed by atoms with van der Waals surface area (Å²) >= 11 is 0. The lowest BCUT2D eigenvalue weighted by molar-refractivity contribution is -0.137. The summed E-state index contributed by atoms with van der Waals surface area (Å²) in [5, 5.41) is 37.3. The first-order valence-electron chi connectivity index (χ1n) is 8.66. The second kappa shape index (κ2) is 6.37. The van der Waals surface area contributed by atoms with Gasteiger partial charge in [0.05, 0.1) is 5.52 Å². The number of para-hydroxylation sites is 2. The van der Waals surface area contributed by atoms with Crippen molar-refractivity contribution in [3.8, 4) is 5.88 Å². The fourth-order valence-corrected chi connectivity index (χ4v) is 3.31. The first-order chi connectivity index (χ1) is 14.1. The van der Waals surface area contributed by atoms with Gasteiger partial charge in [0.1, 0.15) is 12.1 Å². The van der Waals surface area contributed by atoms with Crippen LogP contribution in [0.3, 0.4) is 0 Å². The molecule has 0 aliphatic rings. The Bertz CT molecular complexity index is 1430. The summed E-state index contributed by atoms with van der Waals surface area (Å²) in [5.41, 5.74) is 2.70. The van der Waals surface area contributed by atoms with Crippen molar-refractivity contribution in [2.75, 3.05) is 0 Å². The Morgan fingerprint density at radius 3 is 2.62 bits per heavy atom. The molecule has 3 N–H and O–H groups in total. The van der Waals surface area contributed by atoms with E-state index >= 15 is 0 Å². The van der Waals surface area contributed by atoms with Crippen molar-refractivity contribution in [2.24, 2.45) is 10.2 Å². The summed E-state index contributed by atoms with van der Waals surface area (Å²) in [6.45, 7) is -0.402. The number of aromatic nitrogens is 5. The van der Waals surface area contributed by atoms with Crippen LogP contribution in [-0.2, 0) is 11.3 Å². The number of hydrogen-bond acceptors (Lipinski definition) is 7. The number of azo groups is 1. The molecule has 0 saturated heterocycles. The lowest BCUT2D eigenvalue weighted by Gasteiger charge is -2.02. The van der Waals surface area contributed by atoms with E-state index in [1.165, 1.54) is 4.57 Å². The van der Waals surface area contributed by atoms with Gasteiger partial charge in [0.25, 0.3) is 5.95 Å². The van der Waals surface area contributed by atoms with E-state index in [9.17, 15) is 9.90 Å². The Kier molecular flexibility index (Phi) is 3.69. The average molecular weight is 387 g/mol. The van der Waals surface area contributed by atoms with Crippen LogP contribution in [0, 0.1) is 0 Å². The molecule has 0 saturated carbocycles. The summed E-state index contributed by atoms with van der Waals surface area (Å²) in [5.74, 6) is -1.36. The second-order valence-electron chi connectivity index (χ2n) is 6.35. The van der Waals surface area contributed by atoms with E-state index in [1.807, 2.05) is 24.3 Å². The molecule has 5 rings (SSSR count). The van der Waals surface area contributed by atoms with Crippen molar-refractivity contribution < 1.29 is 15.0 Å². The average Bonchev–Trinajstić information content (AvgIpc) is 3.21. The maximum absolute atomic E-state index is 11.1. The summed E-state index contributed by atoms with van der Waals surface area (Å²) in [7, 11) is 0. The molecule has 0 atom stereocenters. The molecule has 5 aromatic rings. The molecular formula is C19H13N7O3. The van der Waals surface area contributed by atoms with Crippen molar-refractivity contribution in [2.45, 2.75) is 6.54 Å². The molecule has 2 aromatic carbocycles. The maximum atomic E-state index is 11.1. The van der Waals surface area contributed by atoms with E-state index in [0.717, 1.165) is 10.9 Å². The van der Waals surface area contributed by atoms with Crippen LogP contribution in [0.2, 0.25) is 0 Å². The molecule has 0 aliphatic carbocycles. The Balaban J connectivity index is 1.59. The van der Waals surface area contributed by atoms with Crippen LogP contribution in [0.5, 0.6) is 5.88 Å². The fourth-order valence-electron chi connectivity index (χ4n) is 3.31. The Labute approximate surface area is 162 Å². The van der Waals surface area contributed by atoms with Crippen molar-refractivity contribution in [1.82, 2.24) is 24.7 Å². The molecule has 0 aliphatic heterocycles. The Morgan fingerprint density at radius 2 is 1.79 bits per heavy atom. The van der Waals surface area contributed by atoms with Crippen molar-refractivity contribution >= 4 is 50.6 Å². The number of carboxylic acids is 1. The molecule has 0 fully saturated rings. The minimum Gasteiger partial charge on any atom is -0.493 e. The minimum atomic E-state index is -1.08. The molecule has 0 radical (unpaired) electrons. The van der Waals surface area contributed by atoms with Crippen LogP contribution in [0.25, 0.3) is 33.0 Å². The van der Waals surface area contributed by atoms with Gasteiger partial charge in [0.15, 0.2) is 11.3 Å². The Morgan fingerprint density at radius 1 is 1.03 bits per heavy atom. The molecule has 3 heterocycles. The number of benzene rings is 2. The SMILES string of the molecule is O=C(O)Cn1c(O)c(N=Nc2nnc3c(n2)[nH]c2ccccc23)c2ccccc21. The number of aromatic amines is 1. The number of aliphatic carboxylic acids is 1. The zero-order chi connectivity index (χ0) is 20.0. The number of H-pyrrole nitrogens is 1. The highest BCUT2D eigenvalue weighted by Gasteiger charge is 2.18. The smallest absolute Gasteiger partial charge is 0.323 e. The molecule has 10 nitrogen and oxygen atoms in total. The number of carbonyl (C=O) groups is 1. The minimum absolute atomic E-state index is 0.0125. The van der Waals surface area contributed by atoms with E-state index in [2.05, 4.69) is 30.4 Å². The van der Waals surface area contributed by atoms with Crippen LogP contribution in [0.15, 0.2) is 58.8 Å². The van der Waals surface area contributed by atoms with Gasteiger partial charge in [-0.15, -0.1) is 20.4 Å². The van der Waals surface area contributed by atoms with Crippen molar-refractivity contribution in [3.05, 3.63) is 48.5 Å². The highest BCUT2D eigenvalue weighted by molar-refractivity contribution is 6.03. The summed E-state index contributed by atoms with van der Waals surface area (Å²) < 4.78 is 1.26. The zero-order valence-corrected chi connectivity index (χ0v) is 14.8. The topological polar surface area (TPSA) is 142 Å². The third kappa shape index (κ3) is 2.74. The van der Waals surface area contributed by atoms with Crippen molar-refractivity contribution in [1.29, 1.82) is 0 Å². The molecule has 0 amide bonds. The third-order valence-corrected chi connectivity index (χ3v) is 4.56. The molecule has 0 bridgehead atoms. The Hall–Kier alpha value is -4.34. The van der Waals surface area contributed by atoms with Gasteiger partial charge in [-0.2, -0.15) is 4.98 Å². The normalized spacial score (nSPS) is 11.9. The molecule has 0 unspecified atom stereocenters. The summed E-state index contributed by atoms with van der Waals surface area (Å²) in [6, 6.07) is 14.6. The fraction of sp³-hybridized carbons (Fsp3) is 0.0526. The highest BCUT2D eigenvalue weighted by atomic mass is 16.4. The van der Waals surface area contributed by atoms with Gasteiger partial charge in [0, 0.05) is 16.3 Å². The number of nitrogens with zero attached hydrogens (tertiary/aromatic N) is 6. The van der Waals surface area contributed by atoms with Gasteiger partial charge in [-0.1, -0.05) is 36.4 Å². The van der Waals surface area contributed by atoms with Crippen LogP contribution < -0.4 is 0 Å². The van der Waals surface area contributed by atoms with E-state index in [1.54, 1.807) is 24.3 Å². The standard InChI is InChI=1S/C19H13N7O3/c27-14(28)9-26-13-8-4-2-6-11(13)16(18(26)29)23-25-19-21-17-15(22-24-19)10-5-1-3-7-12(10)20-17/h1-8,29H,9H2,(H,27,28)(H,20,21,24). The van der Waals surface area contributed by atoms with Crippen LogP contribution in [-0.4, -0.2) is 40.9 Å². The number of rotatable bonds is 4. The van der Waals surface area contributed by atoms with E-state index in [4.69, 9.17) is 5.11 Å². The van der Waals surface area contributed by atoms with E-state index in [0.29, 0.717) is 22.1 Å². The second-order valence-corrected chi connectivity index (χ2v) is 6.35. The number of hydrogen-bond donors (Lipinski definition) is 3. The molecule has 0 spiro atoms. The third-order valence-electron chi connectivity index (χ3n) is 4.56. The maximum Gasteiger partial charge on any atom is 0.323 e. The van der Waals surface area contributed by atoms with Gasteiger partial charge in [-0.3, -0.25) is 9.36 Å². The van der Waals surface area contributed by atoms with Gasteiger partial charge >= 0.3 is 5.97 Å². The number of nitrogens with one attached hydrogen (secondary N) is 1. The highest BCUT2D eigenvalue weighted by Crippen LogP contribution is 2.39. The molecule has 10 heteroatoms. The quantitative estimate of drug-likeness (QED) is 0.402. The van der Waals surface area contributed by atoms with E-state index in [-0.39, 0.29) is 17.5 Å². The van der Waals surface area contributed by atoms with Gasteiger partial charge in [-0.05, 0) is 12.1 Å². The first kappa shape index (κ1) is 16.8. The number of fused-ring (bicyclic) bond motifs is 4. The van der Waals surface area contributed by atoms with Gasteiger partial charge in [0.2, 0.25) is 5.88 Å². The summed E-state index contributed by atoms with van der Waals surface area (Å²) in [6.07, 6.45) is 0. The van der Waals surface area contributed by atoms with Gasteiger partial charge in [-0.25, -0.2) is 0 Å².